The minimum absolute atomic E-state index is 0.105. The number of halogens is 1. The van der Waals surface area contributed by atoms with Gasteiger partial charge in [-0.3, -0.25) is 4.79 Å². The van der Waals surface area contributed by atoms with Crippen LogP contribution in [0.25, 0.3) is 10.4 Å². The minimum atomic E-state index is -1.44. The zero-order valence-electron chi connectivity index (χ0n) is 12.7. The van der Waals surface area contributed by atoms with Gasteiger partial charge >= 0.3 is 6.16 Å². The SMILES string of the molecule is O=C(O)Oc1sc(-c2ccccc2)cc1NC(=O)c1ccc(Cl)cc1. The van der Waals surface area contributed by atoms with Crippen LogP contribution in [0.3, 0.4) is 0 Å². The molecule has 25 heavy (non-hydrogen) atoms. The molecule has 0 atom stereocenters. The Morgan fingerprint density at radius 2 is 1.72 bits per heavy atom. The number of nitrogens with one attached hydrogen (secondary N) is 1. The van der Waals surface area contributed by atoms with Crippen molar-refractivity contribution in [3.63, 3.8) is 0 Å². The fourth-order valence-corrected chi connectivity index (χ4v) is 3.25. The Hall–Kier alpha value is -2.83. The summed E-state index contributed by atoms with van der Waals surface area (Å²) in [4.78, 5) is 24.1. The summed E-state index contributed by atoms with van der Waals surface area (Å²) in [6.45, 7) is 0. The highest BCUT2D eigenvalue weighted by Gasteiger charge is 2.17. The second-order valence-electron chi connectivity index (χ2n) is 5.01. The molecule has 0 bridgehead atoms. The van der Waals surface area contributed by atoms with Crippen LogP contribution in [0.2, 0.25) is 5.02 Å². The molecule has 2 aromatic carbocycles. The van der Waals surface area contributed by atoms with Gasteiger partial charge in [0.2, 0.25) is 5.06 Å². The smallest absolute Gasteiger partial charge is 0.449 e. The van der Waals surface area contributed by atoms with E-state index in [-0.39, 0.29) is 11.0 Å². The number of carboxylic acid groups (broad SMARTS) is 1. The lowest BCUT2D eigenvalue weighted by Gasteiger charge is -2.05. The number of thiophene rings is 1. The fourth-order valence-electron chi connectivity index (χ4n) is 2.16. The number of carbonyl (C=O) groups excluding carboxylic acids is 1. The Morgan fingerprint density at radius 3 is 2.36 bits per heavy atom. The van der Waals surface area contributed by atoms with Crippen LogP contribution in [-0.4, -0.2) is 17.2 Å². The molecule has 0 fully saturated rings. The van der Waals surface area contributed by atoms with Crippen molar-refractivity contribution < 1.29 is 19.4 Å². The van der Waals surface area contributed by atoms with Gasteiger partial charge in [-0.2, -0.15) is 0 Å². The van der Waals surface area contributed by atoms with Gasteiger partial charge in [-0.1, -0.05) is 53.3 Å². The maximum absolute atomic E-state index is 12.4. The highest BCUT2D eigenvalue weighted by molar-refractivity contribution is 7.18. The highest BCUT2D eigenvalue weighted by Crippen LogP contribution is 2.41. The third-order valence-corrected chi connectivity index (χ3v) is 4.61. The fraction of sp³-hybridized carbons (Fsp3) is 0. The Balaban J connectivity index is 1.90. The van der Waals surface area contributed by atoms with Crippen LogP contribution in [0.1, 0.15) is 10.4 Å². The van der Waals surface area contributed by atoms with E-state index in [1.54, 1.807) is 30.3 Å². The molecule has 0 saturated carbocycles. The number of hydrogen-bond donors (Lipinski definition) is 2. The van der Waals surface area contributed by atoms with Crippen molar-refractivity contribution in [2.45, 2.75) is 0 Å². The highest BCUT2D eigenvalue weighted by atomic mass is 35.5. The minimum Gasteiger partial charge on any atom is -0.449 e. The van der Waals surface area contributed by atoms with Crippen molar-refractivity contribution in [2.24, 2.45) is 0 Å². The first-order valence-corrected chi connectivity index (χ1v) is 8.39. The summed E-state index contributed by atoms with van der Waals surface area (Å²) in [5.74, 6) is -0.385. The predicted molar refractivity (Wildman–Crippen MR) is 97.8 cm³/mol. The van der Waals surface area contributed by atoms with E-state index in [2.05, 4.69) is 5.32 Å². The van der Waals surface area contributed by atoms with Gasteiger partial charge < -0.3 is 15.2 Å². The van der Waals surface area contributed by atoms with Crippen molar-refractivity contribution in [1.82, 2.24) is 0 Å². The van der Waals surface area contributed by atoms with Gasteiger partial charge in [0.25, 0.3) is 5.91 Å². The summed E-state index contributed by atoms with van der Waals surface area (Å²) in [6, 6.07) is 17.5. The average molecular weight is 374 g/mol. The second-order valence-corrected chi connectivity index (χ2v) is 6.46. The van der Waals surface area contributed by atoms with Crippen LogP contribution in [-0.2, 0) is 0 Å². The van der Waals surface area contributed by atoms with Gasteiger partial charge in [0.1, 0.15) is 0 Å². The maximum Gasteiger partial charge on any atom is 0.512 e. The number of ether oxygens (including phenoxy) is 1. The average Bonchev–Trinajstić information content (AvgIpc) is 2.98. The number of rotatable bonds is 4. The van der Waals surface area contributed by atoms with E-state index in [1.807, 2.05) is 30.3 Å². The van der Waals surface area contributed by atoms with Crippen molar-refractivity contribution in [1.29, 1.82) is 0 Å². The van der Waals surface area contributed by atoms with Crippen molar-refractivity contribution >= 4 is 40.7 Å². The topological polar surface area (TPSA) is 75.6 Å². The first-order chi connectivity index (χ1) is 12.0. The predicted octanol–water partition coefficient (Wildman–Crippen LogP) is 5.38. The molecule has 1 aromatic heterocycles. The summed E-state index contributed by atoms with van der Waals surface area (Å²) in [6.07, 6.45) is -1.44. The molecule has 0 saturated heterocycles. The van der Waals surface area contributed by atoms with E-state index >= 15 is 0 Å². The summed E-state index contributed by atoms with van der Waals surface area (Å²) in [7, 11) is 0. The molecule has 0 unspecified atom stereocenters. The van der Waals surface area contributed by atoms with Crippen LogP contribution in [0, 0.1) is 0 Å². The van der Waals surface area contributed by atoms with E-state index in [0.717, 1.165) is 21.8 Å². The molecule has 5 nitrogen and oxygen atoms in total. The number of hydrogen-bond acceptors (Lipinski definition) is 4. The third kappa shape index (κ3) is 4.17. The van der Waals surface area contributed by atoms with E-state index in [0.29, 0.717) is 16.3 Å². The van der Waals surface area contributed by atoms with Crippen LogP contribution in [0.5, 0.6) is 5.06 Å². The molecule has 3 rings (SSSR count). The summed E-state index contributed by atoms with van der Waals surface area (Å²) < 4.78 is 4.80. The van der Waals surface area contributed by atoms with Gasteiger partial charge in [-0.25, -0.2) is 4.79 Å². The summed E-state index contributed by atoms with van der Waals surface area (Å²) >= 11 is 6.96. The standard InChI is InChI=1S/C18H12ClNO4S/c19-13-8-6-12(7-9-13)16(21)20-14-10-15(11-4-2-1-3-5-11)25-17(14)24-18(22)23/h1-10H,(H,20,21)(H,22,23). The number of carbonyl (C=O) groups is 2. The number of benzene rings is 2. The van der Waals surface area contributed by atoms with Gasteiger partial charge in [0.05, 0.1) is 5.69 Å². The van der Waals surface area contributed by atoms with Crippen LogP contribution in [0.4, 0.5) is 10.5 Å². The van der Waals surface area contributed by atoms with Gasteiger partial charge in [0.15, 0.2) is 0 Å². The van der Waals surface area contributed by atoms with Crippen molar-refractivity contribution in [2.75, 3.05) is 5.32 Å². The van der Waals surface area contributed by atoms with Crippen LogP contribution < -0.4 is 10.1 Å². The van der Waals surface area contributed by atoms with E-state index in [1.165, 1.54) is 0 Å². The summed E-state index contributed by atoms with van der Waals surface area (Å²) in [5, 5.41) is 12.2. The molecule has 7 heteroatoms. The van der Waals surface area contributed by atoms with E-state index in [9.17, 15) is 9.59 Å². The first kappa shape index (κ1) is 17.0. The molecule has 1 amide bonds. The normalized spacial score (nSPS) is 10.3. The largest absolute Gasteiger partial charge is 0.512 e. The Morgan fingerprint density at radius 1 is 1.04 bits per heavy atom. The Bertz CT molecular complexity index is 907. The number of anilines is 1. The molecule has 0 aliphatic heterocycles. The van der Waals surface area contributed by atoms with Crippen LogP contribution in [0.15, 0.2) is 60.7 Å². The molecular weight excluding hydrogens is 362 g/mol. The molecule has 1 heterocycles. The third-order valence-electron chi connectivity index (χ3n) is 3.29. The zero-order chi connectivity index (χ0) is 17.8. The molecular formula is C18H12ClNO4S. The summed E-state index contributed by atoms with van der Waals surface area (Å²) in [5.41, 5.74) is 1.60. The molecule has 3 aromatic rings. The zero-order valence-corrected chi connectivity index (χ0v) is 14.3. The lowest BCUT2D eigenvalue weighted by molar-refractivity contribution is 0.102. The first-order valence-electron chi connectivity index (χ1n) is 7.20. The lowest BCUT2D eigenvalue weighted by atomic mass is 10.2. The molecule has 0 spiro atoms. The van der Waals surface area contributed by atoms with E-state index in [4.69, 9.17) is 21.4 Å². The Labute approximate surface area is 152 Å². The molecule has 0 aliphatic carbocycles. The molecule has 126 valence electrons. The molecule has 0 aliphatic rings. The molecule has 0 radical (unpaired) electrons. The van der Waals surface area contributed by atoms with Crippen LogP contribution >= 0.6 is 22.9 Å². The van der Waals surface area contributed by atoms with Gasteiger partial charge in [-0.15, -0.1) is 0 Å². The van der Waals surface area contributed by atoms with E-state index < -0.39 is 6.16 Å². The van der Waals surface area contributed by atoms with Crippen molar-refractivity contribution in [3.05, 3.63) is 71.2 Å². The molecule has 2 N–H and O–H groups in total. The lowest BCUT2D eigenvalue weighted by Crippen LogP contribution is -2.12. The van der Waals surface area contributed by atoms with Gasteiger partial charge in [-0.05, 0) is 35.9 Å². The second kappa shape index (κ2) is 7.38. The van der Waals surface area contributed by atoms with Crippen molar-refractivity contribution in [3.8, 4) is 15.5 Å². The Kier molecular flexibility index (Phi) is 5.02. The monoisotopic (exact) mass is 373 g/mol. The number of amides is 1. The van der Waals surface area contributed by atoms with Gasteiger partial charge in [0, 0.05) is 15.5 Å². The maximum atomic E-state index is 12.4. The quantitative estimate of drug-likeness (QED) is 0.602.